The van der Waals surface area contributed by atoms with E-state index < -0.39 is 0 Å². The maximum absolute atomic E-state index is 12.1. The minimum Gasteiger partial charge on any atom is -0.356 e. The number of carbonyl (C=O) groups is 2. The van der Waals surface area contributed by atoms with E-state index in [-0.39, 0.29) is 23.8 Å². The number of carbonyl (C=O) groups excluding carboxylic acids is 2. The van der Waals surface area contributed by atoms with Crippen LogP contribution in [0.25, 0.3) is 0 Å². The second kappa shape index (κ2) is 8.25. The first kappa shape index (κ1) is 17.0. The van der Waals surface area contributed by atoms with Crippen LogP contribution in [0.2, 0.25) is 0 Å². The van der Waals surface area contributed by atoms with Crippen LogP contribution in [0.4, 0.5) is 0 Å². The van der Waals surface area contributed by atoms with Gasteiger partial charge in [-0.2, -0.15) is 0 Å². The van der Waals surface area contributed by atoms with Gasteiger partial charge < -0.3 is 16.4 Å². The molecule has 0 aromatic rings. The van der Waals surface area contributed by atoms with Crippen molar-refractivity contribution in [3.8, 4) is 0 Å². The first-order valence-corrected chi connectivity index (χ1v) is 7.70. The maximum atomic E-state index is 12.1. The van der Waals surface area contributed by atoms with Crippen LogP contribution in [-0.2, 0) is 9.59 Å². The van der Waals surface area contributed by atoms with Gasteiger partial charge in [-0.05, 0) is 31.1 Å². The van der Waals surface area contributed by atoms with E-state index in [4.69, 9.17) is 5.73 Å². The van der Waals surface area contributed by atoms with Gasteiger partial charge in [0.25, 0.3) is 0 Å². The van der Waals surface area contributed by atoms with Crippen LogP contribution in [0.3, 0.4) is 0 Å². The molecule has 3 unspecified atom stereocenters. The Morgan fingerprint density at radius 3 is 2.55 bits per heavy atom. The molecule has 1 aliphatic rings. The third kappa shape index (κ3) is 5.90. The number of hydrogen-bond acceptors (Lipinski definition) is 3. The van der Waals surface area contributed by atoms with Gasteiger partial charge in [0.2, 0.25) is 11.8 Å². The lowest BCUT2D eigenvalue weighted by Gasteiger charge is -2.31. The molecule has 1 fully saturated rings. The summed E-state index contributed by atoms with van der Waals surface area (Å²) in [6.45, 7) is 7.29. The second-order valence-electron chi connectivity index (χ2n) is 6.40. The molecule has 4 N–H and O–H groups in total. The predicted octanol–water partition coefficient (Wildman–Crippen LogP) is 1.03. The molecule has 5 nitrogen and oxygen atoms in total. The molecule has 0 heterocycles. The van der Waals surface area contributed by atoms with Crippen LogP contribution < -0.4 is 16.4 Å². The van der Waals surface area contributed by atoms with Crippen molar-refractivity contribution < 1.29 is 9.59 Å². The molecule has 0 bridgehead atoms. The Labute approximate surface area is 122 Å². The Morgan fingerprint density at radius 1 is 1.25 bits per heavy atom. The number of nitrogens with two attached hydrogens (primary N) is 1. The van der Waals surface area contributed by atoms with E-state index in [1.54, 1.807) is 0 Å². The van der Waals surface area contributed by atoms with E-state index in [0.717, 1.165) is 19.3 Å². The molecule has 0 aromatic carbocycles. The van der Waals surface area contributed by atoms with Crippen LogP contribution in [0.5, 0.6) is 0 Å². The normalized spacial score (nSPS) is 26.4. The summed E-state index contributed by atoms with van der Waals surface area (Å²) in [7, 11) is 0. The molecule has 2 amide bonds. The summed E-state index contributed by atoms with van der Waals surface area (Å²) in [5.41, 5.74) is 5.90. The van der Waals surface area contributed by atoms with E-state index in [2.05, 4.69) is 31.4 Å². The van der Waals surface area contributed by atoms with Crippen molar-refractivity contribution in [1.82, 2.24) is 10.6 Å². The second-order valence-corrected chi connectivity index (χ2v) is 6.40. The zero-order valence-corrected chi connectivity index (χ0v) is 12.9. The minimum absolute atomic E-state index is 0.00212. The average Bonchev–Trinajstić information content (AvgIpc) is 2.36. The van der Waals surface area contributed by atoms with Gasteiger partial charge in [0.05, 0.1) is 0 Å². The van der Waals surface area contributed by atoms with Gasteiger partial charge in [0.1, 0.15) is 0 Å². The van der Waals surface area contributed by atoms with E-state index in [1.807, 2.05) is 0 Å². The van der Waals surface area contributed by atoms with Crippen molar-refractivity contribution in [2.24, 2.45) is 23.5 Å². The fourth-order valence-electron chi connectivity index (χ4n) is 2.66. The zero-order valence-electron chi connectivity index (χ0n) is 12.9. The molecule has 1 aliphatic carbocycles. The number of hydrogen-bond donors (Lipinski definition) is 3. The standard InChI is InChI=1S/C15H29N3O2/c1-10(2)9-18-14(19)6-7-17-15(20)13-5-4-12(16)8-11(13)3/h10-13H,4-9,16H2,1-3H3,(H,17,20)(H,18,19). The highest BCUT2D eigenvalue weighted by atomic mass is 16.2. The molecule has 3 atom stereocenters. The first-order valence-electron chi connectivity index (χ1n) is 7.70. The molecule has 0 spiro atoms. The minimum atomic E-state index is -0.00212. The zero-order chi connectivity index (χ0) is 15.1. The van der Waals surface area contributed by atoms with E-state index in [1.165, 1.54) is 0 Å². The fraction of sp³-hybridized carbons (Fsp3) is 0.867. The predicted molar refractivity (Wildman–Crippen MR) is 80.0 cm³/mol. The molecule has 0 saturated heterocycles. The van der Waals surface area contributed by atoms with Crippen LogP contribution in [0.15, 0.2) is 0 Å². The van der Waals surface area contributed by atoms with Gasteiger partial charge in [-0.25, -0.2) is 0 Å². The molecule has 20 heavy (non-hydrogen) atoms. The monoisotopic (exact) mass is 283 g/mol. The smallest absolute Gasteiger partial charge is 0.223 e. The molecule has 0 aliphatic heterocycles. The van der Waals surface area contributed by atoms with Gasteiger partial charge in [0, 0.05) is 31.5 Å². The highest BCUT2D eigenvalue weighted by Gasteiger charge is 2.30. The molecule has 5 heteroatoms. The topological polar surface area (TPSA) is 84.2 Å². The summed E-state index contributed by atoms with van der Waals surface area (Å²) in [6, 6.07) is 0.232. The van der Waals surface area contributed by atoms with Gasteiger partial charge in [-0.1, -0.05) is 20.8 Å². The Morgan fingerprint density at radius 2 is 1.95 bits per heavy atom. The molecule has 1 rings (SSSR count). The molecule has 0 aromatic heterocycles. The summed E-state index contributed by atoms with van der Waals surface area (Å²) in [4.78, 5) is 23.6. The molecular formula is C15H29N3O2. The van der Waals surface area contributed by atoms with Crippen molar-refractivity contribution in [2.45, 2.75) is 52.5 Å². The van der Waals surface area contributed by atoms with Crippen molar-refractivity contribution in [3.63, 3.8) is 0 Å². The Kier molecular flexibility index (Phi) is 6.99. The largest absolute Gasteiger partial charge is 0.356 e. The Balaban J connectivity index is 2.21. The lowest BCUT2D eigenvalue weighted by molar-refractivity contribution is -0.127. The van der Waals surface area contributed by atoms with Crippen molar-refractivity contribution in [1.29, 1.82) is 0 Å². The SMILES string of the molecule is CC(C)CNC(=O)CCNC(=O)C1CCC(N)CC1C. The van der Waals surface area contributed by atoms with E-state index >= 15 is 0 Å². The fourth-order valence-corrected chi connectivity index (χ4v) is 2.66. The number of amides is 2. The van der Waals surface area contributed by atoms with E-state index in [0.29, 0.717) is 31.3 Å². The summed E-state index contributed by atoms with van der Waals surface area (Å²) in [5, 5.41) is 5.72. The summed E-state index contributed by atoms with van der Waals surface area (Å²) in [6.07, 6.45) is 3.02. The molecule has 1 saturated carbocycles. The van der Waals surface area contributed by atoms with Gasteiger partial charge >= 0.3 is 0 Å². The molecule has 0 radical (unpaired) electrons. The van der Waals surface area contributed by atoms with Crippen molar-refractivity contribution >= 4 is 11.8 Å². The lowest BCUT2D eigenvalue weighted by Crippen LogP contribution is -2.41. The Bertz CT molecular complexity index is 331. The molecular weight excluding hydrogens is 254 g/mol. The lowest BCUT2D eigenvalue weighted by atomic mass is 9.78. The van der Waals surface area contributed by atoms with Crippen LogP contribution in [-0.4, -0.2) is 30.9 Å². The van der Waals surface area contributed by atoms with Crippen LogP contribution >= 0.6 is 0 Å². The highest BCUT2D eigenvalue weighted by molar-refractivity contribution is 5.80. The third-order valence-electron chi connectivity index (χ3n) is 3.91. The number of nitrogens with one attached hydrogen (secondary N) is 2. The van der Waals surface area contributed by atoms with Gasteiger partial charge in [-0.3, -0.25) is 9.59 Å². The average molecular weight is 283 g/mol. The Hall–Kier alpha value is -1.10. The van der Waals surface area contributed by atoms with Gasteiger partial charge in [0.15, 0.2) is 0 Å². The molecule has 116 valence electrons. The van der Waals surface area contributed by atoms with Crippen LogP contribution in [0, 0.1) is 17.8 Å². The maximum Gasteiger partial charge on any atom is 0.223 e. The third-order valence-corrected chi connectivity index (χ3v) is 3.91. The highest BCUT2D eigenvalue weighted by Crippen LogP contribution is 2.29. The van der Waals surface area contributed by atoms with Crippen molar-refractivity contribution in [3.05, 3.63) is 0 Å². The summed E-state index contributed by atoms with van der Waals surface area (Å²) in [5.74, 6) is 0.890. The van der Waals surface area contributed by atoms with Crippen LogP contribution in [0.1, 0.15) is 46.5 Å². The summed E-state index contributed by atoms with van der Waals surface area (Å²) < 4.78 is 0. The number of rotatable bonds is 6. The summed E-state index contributed by atoms with van der Waals surface area (Å²) >= 11 is 0. The van der Waals surface area contributed by atoms with Gasteiger partial charge in [-0.15, -0.1) is 0 Å². The quantitative estimate of drug-likeness (QED) is 0.680. The first-order chi connectivity index (χ1) is 9.40. The van der Waals surface area contributed by atoms with Crippen molar-refractivity contribution in [2.75, 3.05) is 13.1 Å². The van der Waals surface area contributed by atoms with E-state index in [9.17, 15) is 9.59 Å².